The van der Waals surface area contributed by atoms with Crippen LogP contribution < -0.4 is 5.73 Å². The van der Waals surface area contributed by atoms with E-state index in [9.17, 15) is 4.21 Å². The van der Waals surface area contributed by atoms with Crippen LogP contribution in [0.2, 0.25) is 0 Å². The standard InChI is InChI=1S/C10H22N2OS/c1-9-4-6-14(13)7-5-12(9)8-10(2,3)11/h9H,4-8,11H2,1-3H3. The van der Waals surface area contributed by atoms with E-state index < -0.39 is 10.8 Å². The maximum atomic E-state index is 11.4. The van der Waals surface area contributed by atoms with Gasteiger partial charge in [0.25, 0.3) is 0 Å². The highest BCUT2D eigenvalue weighted by Gasteiger charge is 2.24. The van der Waals surface area contributed by atoms with Crippen molar-refractivity contribution in [1.29, 1.82) is 0 Å². The fraction of sp³-hybridized carbons (Fsp3) is 1.00. The third kappa shape index (κ3) is 4.07. The second-order valence-electron chi connectivity index (χ2n) is 4.94. The third-order valence-electron chi connectivity index (χ3n) is 2.60. The Morgan fingerprint density at radius 2 is 2.14 bits per heavy atom. The zero-order valence-corrected chi connectivity index (χ0v) is 10.3. The average Bonchev–Trinajstić information content (AvgIpc) is 2.17. The van der Waals surface area contributed by atoms with Crippen LogP contribution in [0.5, 0.6) is 0 Å². The van der Waals surface area contributed by atoms with Gasteiger partial charge in [0, 0.05) is 47.0 Å². The van der Waals surface area contributed by atoms with E-state index in [1.54, 1.807) is 0 Å². The van der Waals surface area contributed by atoms with Crippen LogP contribution in [-0.2, 0) is 10.8 Å². The Labute approximate surface area is 89.5 Å². The van der Waals surface area contributed by atoms with Crippen molar-refractivity contribution in [1.82, 2.24) is 4.90 Å². The lowest BCUT2D eigenvalue weighted by Crippen LogP contribution is -2.48. The predicted molar refractivity (Wildman–Crippen MR) is 61.8 cm³/mol. The highest BCUT2D eigenvalue weighted by molar-refractivity contribution is 7.85. The summed E-state index contributed by atoms with van der Waals surface area (Å²) in [7, 11) is -0.610. The Morgan fingerprint density at radius 3 is 2.71 bits per heavy atom. The van der Waals surface area contributed by atoms with E-state index in [1.807, 2.05) is 13.8 Å². The molecular formula is C10H22N2OS. The topological polar surface area (TPSA) is 46.3 Å². The molecule has 2 unspecified atom stereocenters. The Morgan fingerprint density at radius 1 is 1.50 bits per heavy atom. The molecule has 1 fully saturated rings. The second kappa shape index (κ2) is 4.73. The first kappa shape index (κ1) is 12.1. The minimum absolute atomic E-state index is 0.153. The van der Waals surface area contributed by atoms with Crippen molar-refractivity contribution >= 4 is 10.8 Å². The molecule has 1 heterocycles. The molecule has 0 aromatic rings. The normalized spacial score (nSPS) is 31.4. The molecule has 1 aliphatic heterocycles. The average molecular weight is 218 g/mol. The minimum atomic E-state index is -0.610. The van der Waals surface area contributed by atoms with Gasteiger partial charge in [0.15, 0.2) is 0 Å². The molecule has 4 heteroatoms. The van der Waals surface area contributed by atoms with Gasteiger partial charge in [-0.05, 0) is 27.2 Å². The summed E-state index contributed by atoms with van der Waals surface area (Å²) in [6, 6.07) is 0.518. The Hall–Kier alpha value is 0.0700. The van der Waals surface area contributed by atoms with Gasteiger partial charge in [-0.3, -0.25) is 9.11 Å². The van der Waals surface area contributed by atoms with Gasteiger partial charge in [-0.1, -0.05) is 0 Å². The third-order valence-corrected chi connectivity index (χ3v) is 3.93. The lowest BCUT2D eigenvalue weighted by Gasteiger charge is -2.32. The largest absolute Gasteiger partial charge is 0.324 e. The molecule has 0 aromatic heterocycles. The van der Waals surface area contributed by atoms with Crippen LogP contribution in [0.3, 0.4) is 0 Å². The van der Waals surface area contributed by atoms with Gasteiger partial charge in [0.2, 0.25) is 0 Å². The fourth-order valence-corrected chi connectivity index (χ4v) is 3.03. The van der Waals surface area contributed by atoms with E-state index in [2.05, 4.69) is 11.8 Å². The van der Waals surface area contributed by atoms with E-state index in [0.29, 0.717) is 6.04 Å². The SMILES string of the molecule is CC1CCS(=O)CCN1CC(C)(C)N. The number of hydrogen-bond donors (Lipinski definition) is 1. The van der Waals surface area contributed by atoms with Crippen molar-refractivity contribution in [3.63, 3.8) is 0 Å². The molecule has 0 aromatic carbocycles. The number of nitrogens with zero attached hydrogens (tertiary/aromatic N) is 1. The highest BCUT2D eigenvalue weighted by Crippen LogP contribution is 2.13. The summed E-state index contributed by atoms with van der Waals surface area (Å²) in [5.41, 5.74) is 5.84. The molecule has 1 saturated heterocycles. The fourth-order valence-electron chi connectivity index (χ4n) is 1.78. The van der Waals surface area contributed by atoms with Crippen LogP contribution in [0.4, 0.5) is 0 Å². The van der Waals surface area contributed by atoms with Crippen LogP contribution in [0.15, 0.2) is 0 Å². The first-order valence-electron chi connectivity index (χ1n) is 5.26. The lowest BCUT2D eigenvalue weighted by atomic mass is 10.1. The smallest absolute Gasteiger partial charge is 0.0362 e. The van der Waals surface area contributed by atoms with Gasteiger partial charge in [0.05, 0.1) is 0 Å². The van der Waals surface area contributed by atoms with Gasteiger partial charge in [0.1, 0.15) is 0 Å². The van der Waals surface area contributed by atoms with Gasteiger partial charge >= 0.3 is 0 Å². The summed E-state index contributed by atoms with van der Waals surface area (Å²) in [6.45, 7) is 8.11. The van der Waals surface area contributed by atoms with Gasteiger partial charge in [-0.25, -0.2) is 0 Å². The molecule has 0 spiro atoms. The summed E-state index contributed by atoms with van der Waals surface area (Å²) in [5, 5.41) is 0. The second-order valence-corrected chi connectivity index (χ2v) is 6.64. The molecule has 1 rings (SSSR count). The van der Waals surface area contributed by atoms with Crippen LogP contribution in [0.1, 0.15) is 27.2 Å². The van der Waals surface area contributed by atoms with E-state index >= 15 is 0 Å². The summed E-state index contributed by atoms with van der Waals surface area (Å²) >= 11 is 0. The number of rotatable bonds is 2. The summed E-state index contributed by atoms with van der Waals surface area (Å²) in [5.74, 6) is 1.66. The first-order chi connectivity index (χ1) is 6.38. The first-order valence-corrected chi connectivity index (χ1v) is 6.75. The monoisotopic (exact) mass is 218 g/mol. The van der Waals surface area contributed by atoms with Crippen molar-refractivity contribution in [2.24, 2.45) is 5.73 Å². The van der Waals surface area contributed by atoms with Crippen LogP contribution in [0.25, 0.3) is 0 Å². The van der Waals surface area contributed by atoms with Crippen molar-refractivity contribution < 1.29 is 4.21 Å². The molecule has 0 aliphatic carbocycles. The quantitative estimate of drug-likeness (QED) is 0.737. The van der Waals surface area contributed by atoms with Gasteiger partial charge in [-0.15, -0.1) is 0 Å². The van der Waals surface area contributed by atoms with E-state index in [0.717, 1.165) is 31.0 Å². The van der Waals surface area contributed by atoms with Crippen molar-refractivity contribution in [2.45, 2.75) is 38.8 Å². The summed E-state index contributed by atoms with van der Waals surface area (Å²) < 4.78 is 11.4. The number of nitrogens with two attached hydrogens (primary N) is 1. The summed E-state index contributed by atoms with van der Waals surface area (Å²) in [4.78, 5) is 2.37. The lowest BCUT2D eigenvalue weighted by molar-refractivity contribution is 0.183. The molecule has 0 amide bonds. The molecule has 2 N–H and O–H groups in total. The highest BCUT2D eigenvalue weighted by atomic mass is 32.2. The van der Waals surface area contributed by atoms with Crippen LogP contribution >= 0.6 is 0 Å². The molecular weight excluding hydrogens is 196 g/mol. The van der Waals surface area contributed by atoms with Crippen molar-refractivity contribution in [3.8, 4) is 0 Å². The molecule has 14 heavy (non-hydrogen) atoms. The molecule has 84 valence electrons. The van der Waals surface area contributed by atoms with Gasteiger partial charge < -0.3 is 5.73 Å². The zero-order valence-electron chi connectivity index (χ0n) is 9.45. The van der Waals surface area contributed by atoms with E-state index in [1.165, 1.54) is 0 Å². The number of hydrogen-bond acceptors (Lipinski definition) is 3. The molecule has 3 nitrogen and oxygen atoms in total. The molecule has 1 aliphatic rings. The Balaban J connectivity index is 2.54. The van der Waals surface area contributed by atoms with Crippen molar-refractivity contribution in [2.75, 3.05) is 24.6 Å². The molecule has 0 radical (unpaired) electrons. The molecule has 2 atom stereocenters. The van der Waals surface area contributed by atoms with Crippen LogP contribution in [0, 0.1) is 0 Å². The maximum Gasteiger partial charge on any atom is 0.0362 e. The van der Waals surface area contributed by atoms with Crippen LogP contribution in [-0.4, -0.2) is 45.3 Å². The predicted octanol–water partition coefficient (Wildman–Crippen LogP) is 0.567. The maximum absolute atomic E-state index is 11.4. The van der Waals surface area contributed by atoms with E-state index in [4.69, 9.17) is 5.73 Å². The van der Waals surface area contributed by atoms with Gasteiger partial charge in [-0.2, -0.15) is 0 Å². The Kier molecular flexibility index (Phi) is 4.10. The van der Waals surface area contributed by atoms with E-state index in [-0.39, 0.29) is 5.54 Å². The Bertz CT molecular complexity index is 213. The van der Waals surface area contributed by atoms with Crippen molar-refractivity contribution in [3.05, 3.63) is 0 Å². The minimum Gasteiger partial charge on any atom is -0.324 e. The summed E-state index contributed by atoms with van der Waals surface area (Å²) in [6.07, 6.45) is 1.03. The molecule has 0 saturated carbocycles. The zero-order chi connectivity index (χ0) is 10.8. The molecule has 0 bridgehead atoms.